The highest BCUT2D eigenvalue weighted by Gasteiger charge is 2.17. The topological polar surface area (TPSA) is 51.4 Å². The minimum Gasteiger partial charge on any atom is -0.377 e. The lowest BCUT2D eigenvalue weighted by atomic mass is 10.1. The highest BCUT2D eigenvalue weighted by Crippen LogP contribution is 2.26. The van der Waals surface area contributed by atoms with Gasteiger partial charge < -0.3 is 15.4 Å². The summed E-state index contributed by atoms with van der Waals surface area (Å²) in [6.45, 7) is 6.22. The molecular weight excluding hydrogens is 238 g/mol. The fourth-order valence-corrected chi connectivity index (χ4v) is 2.52. The van der Waals surface area contributed by atoms with Gasteiger partial charge in [0, 0.05) is 31.4 Å². The molecule has 1 aromatic heterocycles. The first-order valence-corrected chi connectivity index (χ1v) is 7.16. The summed E-state index contributed by atoms with van der Waals surface area (Å²) in [5.41, 5.74) is 9.65. The lowest BCUT2D eigenvalue weighted by Gasteiger charge is -2.22. The molecule has 0 saturated carbocycles. The number of anilines is 1. The molecule has 0 fully saturated rings. The third-order valence-corrected chi connectivity index (χ3v) is 3.57. The molecule has 2 rings (SSSR count). The Kier molecular flexibility index (Phi) is 4.77. The molecule has 2 N–H and O–H groups in total. The summed E-state index contributed by atoms with van der Waals surface area (Å²) in [5, 5.41) is 0. The van der Waals surface area contributed by atoms with Crippen molar-refractivity contribution in [2.45, 2.75) is 45.8 Å². The zero-order chi connectivity index (χ0) is 13.8. The lowest BCUT2D eigenvalue weighted by Crippen LogP contribution is -2.26. The molecule has 0 atom stereocenters. The van der Waals surface area contributed by atoms with Crippen molar-refractivity contribution in [3.05, 3.63) is 22.9 Å². The fraction of sp³-hybridized carbons (Fsp3) is 0.667. The van der Waals surface area contributed by atoms with Crippen LogP contribution >= 0.6 is 0 Å². The number of hydrogen-bond donors (Lipinski definition) is 1. The van der Waals surface area contributed by atoms with Crippen molar-refractivity contribution in [3.8, 4) is 0 Å². The number of ether oxygens (including phenoxy) is 1. The van der Waals surface area contributed by atoms with Gasteiger partial charge in [-0.05, 0) is 44.7 Å². The van der Waals surface area contributed by atoms with Crippen molar-refractivity contribution in [1.29, 1.82) is 0 Å². The average molecular weight is 263 g/mol. The van der Waals surface area contributed by atoms with E-state index < -0.39 is 0 Å². The second kappa shape index (κ2) is 6.35. The molecule has 106 valence electrons. The Labute approximate surface area is 116 Å². The summed E-state index contributed by atoms with van der Waals surface area (Å²) in [4.78, 5) is 6.97. The first kappa shape index (κ1) is 14.3. The first-order valence-electron chi connectivity index (χ1n) is 7.16. The summed E-state index contributed by atoms with van der Waals surface area (Å²) in [5.74, 6) is 1.02. The predicted octanol–water partition coefficient (Wildman–Crippen LogP) is 1.89. The molecule has 0 saturated heterocycles. The van der Waals surface area contributed by atoms with E-state index in [1.165, 1.54) is 17.7 Å². The van der Waals surface area contributed by atoms with E-state index in [0.717, 1.165) is 37.4 Å². The van der Waals surface area contributed by atoms with Crippen molar-refractivity contribution >= 4 is 5.82 Å². The van der Waals surface area contributed by atoms with Crippen molar-refractivity contribution in [2.75, 3.05) is 25.1 Å². The minimum absolute atomic E-state index is 0.273. The number of pyridine rings is 1. The zero-order valence-electron chi connectivity index (χ0n) is 12.3. The number of hydrogen-bond acceptors (Lipinski definition) is 4. The average Bonchev–Trinajstić information content (AvgIpc) is 2.83. The number of fused-ring (bicyclic) bond motifs is 1. The van der Waals surface area contributed by atoms with Crippen LogP contribution in [0.25, 0.3) is 0 Å². The number of aryl methyl sites for hydroxylation is 2. The first-order chi connectivity index (χ1) is 9.11. The molecule has 0 bridgehead atoms. The van der Waals surface area contributed by atoms with Crippen molar-refractivity contribution in [2.24, 2.45) is 5.73 Å². The van der Waals surface area contributed by atoms with Gasteiger partial charge in [0.15, 0.2) is 0 Å². The summed E-state index contributed by atoms with van der Waals surface area (Å²) >= 11 is 0. The van der Waals surface area contributed by atoms with Crippen LogP contribution in [-0.2, 0) is 24.1 Å². The standard InChI is InChI=1S/C15H25N3O/c1-11(2)19-8-7-18(3)15-13(10-16)9-12-5-4-6-14(12)17-15/h9,11H,4-8,10,16H2,1-3H3. The van der Waals surface area contributed by atoms with Crippen LogP contribution in [0.2, 0.25) is 0 Å². The van der Waals surface area contributed by atoms with Crippen molar-refractivity contribution < 1.29 is 4.74 Å². The monoisotopic (exact) mass is 263 g/mol. The van der Waals surface area contributed by atoms with Gasteiger partial charge in [-0.2, -0.15) is 0 Å². The van der Waals surface area contributed by atoms with Gasteiger partial charge >= 0.3 is 0 Å². The van der Waals surface area contributed by atoms with E-state index in [2.05, 4.69) is 31.9 Å². The Bertz CT molecular complexity index is 432. The zero-order valence-corrected chi connectivity index (χ0v) is 12.3. The largest absolute Gasteiger partial charge is 0.377 e. The van der Waals surface area contributed by atoms with E-state index in [4.69, 9.17) is 15.5 Å². The predicted molar refractivity (Wildman–Crippen MR) is 78.5 cm³/mol. The van der Waals surface area contributed by atoms with Crippen LogP contribution < -0.4 is 10.6 Å². The molecule has 1 aromatic rings. The van der Waals surface area contributed by atoms with Crippen LogP contribution in [0.3, 0.4) is 0 Å². The van der Waals surface area contributed by atoms with E-state index in [1.54, 1.807) is 0 Å². The quantitative estimate of drug-likeness (QED) is 0.851. The lowest BCUT2D eigenvalue weighted by molar-refractivity contribution is 0.0845. The molecule has 1 heterocycles. The van der Waals surface area contributed by atoms with Gasteiger partial charge in [-0.15, -0.1) is 0 Å². The Morgan fingerprint density at radius 1 is 1.42 bits per heavy atom. The number of nitrogens with two attached hydrogens (primary N) is 1. The van der Waals surface area contributed by atoms with Crippen molar-refractivity contribution in [3.63, 3.8) is 0 Å². The van der Waals surface area contributed by atoms with Gasteiger partial charge in [0.05, 0.1) is 12.7 Å². The fourth-order valence-electron chi connectivity index (χ4n) is 2.52. The van der Waals surface area contributed by atoms with E-state index in [9.17, 15) is 0 Å². The van der Waals surface area contributed by atoms with Crippen LogP contribution in [-0.4, -0.2) is 31.3 Å². The van der Waals surface area contributed by atoms with Gasteiger partial charge in [0.25, 0.3) is 0 Å². The molecule has 0 aromatic carbocycles. The van der Waals surface area contributed by atoms with Gasteiger partial charge in [-0.1, -0.05) is 0 Å². The molecule has 1 aliphatic carbocycles. The van der Waals surface area contributed by atoms with Crippen LogP contribution in [0, 0.1) is 0 Å². The van der Waals surface area contributed by atoms with Crippen LogP contribution in [0.5, 0.6) is 0 Å². The maximum absolute atomic E-state index is 5.86. The molecule has 19 heavy (non-hydrogen) atoms. The Hall–Kier alpha value is -1.13. The molecular formula is C15H25N3O. The molecule has 0 amide bonds. The van der Waals surface area contributed by atoms with E-state index >= 15 is 0 Å². The number of rotatable bonds is 6. The van der Waals surface area contributed by atoms with Crippen LogP contribution in [0.15, 0.2) is 6.07 Å². The number of likely N-dealkylation sites (N-methyl/N-ethyl adjacent to an activating group) is 1. The Morgan fingerprint density at radius 3 is 2.89 bits per heavy atom. The normalized spacial score (nSPS) is 13.9. The van der Waals surface area contributed by atoms with E-state index in [-0.39, 0.29) is 6.10 Å². The molecule has 0 aliphatic heterocycles. The van der Waals surface area contributed by atoms with Gasteiger partial charge in [0.1, 0.15) is 5.82 Å². The van der Waals surface area contributed by atoms with E-state index in [0.29, 0.717) is 6.54 Å². The highest BCUT2D eigenvalue weighted by atomic mass is 16.5. The third kappa shape index (κ3) is 3.45. The SMILES string of the molecule is CC(C)OCCN(C)c1nc2c(cc1CN)CCC2. The second-order valence-electron chi connectivity index (χ2n) is 5.48. The summed E-state index contributed by atoms with van der Waals surface area (Å²) in [6, 6.07) is 2.24. The van der Waals surface area contributed by atoms with Gasteiger partial charge in [0.2, 0.25) is 0 Å². The smallest absolute Gasteiger partial charge is 0.133 e. The van der Waals surface area contributed by atoms with Gasteiger partial charge in [-0.25, -0.2) is 4.98 Å². The third-order valence-electron chi connectivity index (χ3n) is 3.57. The molecule has 4 heteroatoms. The van der Waals surface area contributed by atoms with Gasteiger partial charge in [-0.3, -0.25) is 0 Å². The molecule has 4 nitrogen and oxygen atoms in total. The Balaban J connectivity index is 2.09. The molecule has 0 radical (unpaired) electrons. The maximum atomic E-state index is 5.86. The summed E-state index contributed by atoms with van der Waals surface area (Å²) < 4.78 is 5.60. The van der Waals surface area contributed by atoms with Crippen LogP contribution in [0.1, 0.15) is 37.1 Å². The second-order valence-corrected chi connectivity index (χ2v) is 5.48. The Morgan fingerprint density at radius 2 is 2.21 bits per heavy atom. The molecule has 0 spiro atoms. The summed E-state index contributed by atoms with van der Waals surface area (Å²) in [7, 11) is 2.06. The summed E-state index contributed by atoms with van der Waals surface area (Å²) in [6.07, 6.45) is 3.74. The maximum Gasteiger partial charge on any atom is 0.133 e. The van der Waals surface area contributed by atoms with Crippen LogP contribution in [0.4, 0.5) is 5.82 Å². The van der Waals surface area contributed by atoms with E-state index in [1.807, 2.05) is 0 Å². The molecule has 1 aliphatic rings. The minimum atomic E-state index is 0.273. The van der Waals surface area contributed by atoms with Crippen molar-refractivity contribution in [1.82, 2.24) is 4.98 Å². The number of nitrogens with zero attached hydrogens (tertiary/aromatic N) is 2. The highest BCUT2D eigenvalue weighted by molar-refractivity contribution is 5.50. The number of aromatic nitrogens is 1. The molecule has 0 unspecified atom stereocenters.